The molecule has 0 amide bonds. The minimum Gasteiger partial charge on any atom is -0.463 e. The molecule has 0 radical (unpaired) electrons. The molecule has 1 rings (SSSR count). The van der Waals surface area contributed by atoms with E-state index in [1.165, 1.54) is 27.7 Å². The van der Waals surface area contributed by atoms with Crippen molar-refractivity contribution >= 4 is 46.5 Å². The van der Waals surface area contributed by atoms with E-state index in [1.54, 1.807) is 0 Å². The van der Waals surface area contributed by atoms with Gasteiger partial charge in [-0.3, -0.25) is 19.2 Å². The molecule has 0 unspecified atom stereocenters. The van der Waals surface area contributed by atoms with Crippen molar-refractivity contribution in [1.82, 2.24) is 0 Å². The number of ether oxygens (including phenoxy) is 5. The average molecular weight is 500 g/mol. The highest BCUT2D eigenvalue weighted by Crippen LogP contribution is 2.32. The van der Waals surface area contributed by atoms with Gasteiger partial charge >= 0.3 is 23.9 Å². The number of alkyl halides is 1. The van der Waals surface area contributed by atoms with E-state index in [0.29, 0.717) is 6.42 Å². The van der Waals surface area contributed by atoms with Crippen molar-refractivity contribution in [3.05, 3.63) is 0 Å². The fourth-order valence-corrected chi connectivity index (χ4v) is 3.33. The molecule has 1 heterocycles. The van der Waals surface area contributed by atoms with Gasteiger partial charge in [-0.1, -0.05) is 29.5 Å². The summed E-state index contributed by atoms with van der Waals surface area (Å²) >= 11 is 2.19. The molecule has 1 aliphatic heterocycles. The van der Waals surface area contributed by atoms with Gasteiger partial charge in [-0.15, -0.1) is 0 Å². The Morgan fingerprint density at radius 3 is 1.67 bits per heavy atom. The Morgan fingerprint density at radius 2 is 1.26 bits per heavy atom. The van der Waals surface area contributed by atoms with Crippen LogP contribution in [0.5, 0.6) is 0 Å². The fourth-order valence-electron chi connectivity index (χ4n) is 2.83. The van der Waals surface area contributed by atoms with E-state index in [1.807, 2.05) is 6.92 Å². The number of rotatable bonds is 7. The Bertz CT molecular complexity index is 563. The van der Waals surface area contributed by atoms with Crippen LogP contribution in [-0.4, -0.2) is 64.9 Å². The first kappa shape index (κ1) is 23.6. The number of carbonyl (C=O) groups is 4. The Morgan fingerprint density at radius 1 is 0.815 bits per heavy atom. The highest BCUT2D eigenvalue weighted by molar-refractivity contribution is 14.1. The largest absolute Gasteiger partial charge is 0.463 e. The highest BCUT2D eigenvalue weighted by atomic mass is 127. The first-order valence-corrected chi connectivity index (χ1v) is 9.70. The molecular formula is C17H25IO9. The number of carbonyl (C=O) groups excluding carboxylic acids is 4. The van der Waals surface area contributed by atoms with Crippen LogP contribution in [0, 0.1) is 0 Å². The molecule has 0 spiro atoms. The predicted molar refractivity (Wildman–Crippen MR) is 100 cm³/mol. The third-order valence-electron chi connectivity index (χ3n) is 3.64. The van der Waals surface area contributed by atoms with Crippen LogP contribution in [0.2, 0.25) is 0 Å². The number of halogens is 1. The van der Waals surface area contributed by atoms with Gasteiger partial charge in [0, 0.05) is 31.6 Å². The Kier molecular flexibility index (Phi) is 9.43. The molecule has 9 nitrogen and oxygen atoms in total. The standard InChI is InChI=1S/C17H25IO9/c1-8(18)6-13-15(24-10(3)20)17(26-12(5)22)16(25-11(4)21)14(27-13)7-23-9(2)19/h8,13-17H,6-7H2,1-5H3/t8-,13-,14+,15+,16+,17+/m0/s1. The summed E-state index contributed by atoms with van der Waals surface area (Å²) in [7, 11) is 0. The van der Waals surface area contributed by atoms with E-state index in [2.05, 4.69) is 22.6 Å². The summed E-state index contributed by atoms with van der Waals surface area (Å²) in [6.45, 7) is 6.58. The van der Waals surface area contributed by atoms with Crippen LogP contribution in [0.25, 0.3) is 0 Å². The monoisotopic (exact) mass is 500 g/mol. The second-order valence-electron chi connectivity index (χ2n) is 6.25. The van der Waals surface area contributed by atoms with Crippen LogP contribution in [0.1, 0.15) is 41.0 Å². The van der Waals surface area contributed by atoms with Gasteiger partial charge in [-0.25, -0.2) is 0 Å². The van der Waals surface area contributed by atoms with Crippen LogP contribution >= 0.6 is 22.6 Å². The summed E-state index contributed by atoms with van der Waals surface area (Å²) in [5.74, 6) is -2.41. The van der Waals surface area contributed by atoms with Crippen LogP contribution in [-0.2, 0) is 42.9 Å². The van der Waals surface area contributed by atoms with Crippen molar-refractivity contribution < 1.29 is 42.9 Å². The third kappa shape index (κ3) is 7.99. The van der Waals surface area contributed by atoms with Gasteiger partial charge in [-0.2, -0.15) is 0 Å². The van der Waals surface area contributed by atoms with Crippen LogP contribution < -0.4 is 0 Å². The molecule has 1 fully saturated rings. The van der Waals surface area contributed by atoms with E-state index >= 15 is 0 Å². The molecule has 27 heavy (non-hydrogen) atoms. The van der Waals surface area contributed by atoms with E-state index in [-0.39, 0.29) is 10.5 Å². The highest BCUT2D eigenvalue weighted by Gasteiger charge is 2.52. The van der Waals surface area contributed by atoms with Crippen molar-refractivity contribution in [1.29, 1.82) is 0 Å². The van der Waals surface area contributed by atoms with Gasteiger partial charge in [0.05, 0.1) is 0 Å². The maximum absolute atomic E-state index is 11.6. The molecule has 154 valence electrons. The zero-order chi connectivity index (χ0) is 20.7. The molecule has 0 aliphatic carbocycles. The lowest BCUT2D eigenvalue weighted by molar-refractivity contribution is -0.253. The first-order valence-electron chi connectivity index (χ1n) is 8.45. The zero-order valence-corrected chi connectivity index (χ0v) is 18.1. The molecule has 6 atom stereocenters. The Hall–Kier alpha value is -1.43. The molecular weight excluding hydrogens is 475 g/mol. The second kappa shape index (κ2) is 10.8. The van der Waals surface area contributed by atoms with E-state index in [0.717, 1.165) is 0 Å². The van der Waals surface area contributed by atoms with E-state index < -0.39 is 54.4 Å². The molecule has 10 heteroatoms. The molecule has 0 bridgehead atoms. The summed E-state index contributed by atoms with van der Waals surface area (Å²) < 4.78 is 27.1. The molecule has 0 aromatic heterocycles. The molecule has 0 saturated carbocycles. The molecule has 1 saturated heterocycles. The smallest absolute Gasteiger partial charge is 0.303 e. The number of esters is 4. The third-order valence-corrected chi connectivity index (χ3v) is 4.15. The van der Waals surface area contributed by atoms with Crippen molar-refractivity contribution in [2.24, 2.45) is 0 Å². The predicted octanol–water partition coefficient (Wildman–Crippen LogP) is 1.33. The van der Waals surface area contributed by atoms with E-state index in [4.69, 9.17) is 23.7 Å². The molecule has 1 aliphatic rings. The van der Waals surface area contributed by atoms with Gasteiger partial charge in [0.1, 0.15) is 18.8 Å². The lowest BCUT2D eigenvalue weighted by atomic mass is 9.92. The lowest BCUT2D eigenvalue weighted by Crippen LogP contribution is -2.62. The van der Waals surface area contributed by atoms with Gasteiger partial charge < -0.3 is 23.7 Å². The SMILES string of the molecule is CC(=O)OC[C@H]1O[C@@H](C[C@H](C)I)[C@@H](OC(C)=O)[C@@H](OC(C)=O)[C@@H]1OC(C)=O. The van der Waals surface area contributed by atoms with Gasteiger partial charge in [0.25, 0.3) is 0 Å². The zero-order valence-electron chi connectivity index (χ0n) is 15.9. The lowest BCUT2D eigenvalue weighted by Gasteiger charge is -2.44. The minimum atomic E-state index is -1.10. The second-order valence-corrected chi connectivity index (χ2v) is 8.38. The Labute approximate surface area is 171 Å². The Balaban J connectivity index is 3.27. The quantitative estimate of drug-likeness (QED) is 0.221. The van der Waals surface area contributed by atoms with Crippen molar-refractivity contribution in [2.75, 3.05) is 6.61 Å². The summed E-state index contributed by atoms with van der Waals surface area (Å²) in [6, 6.07) is 0. The van der Waals surface area contributed by atoms with Gasteiger partial charge in [0.2, 0.25) is 0 Å². The van der Waals surface area contributed by atoms with E-state index in [9.17, 15) is 19.2 Å². The fraction of sp³-hybridized carbons (Fsp3) is 0.765. The normalized spacial score (nSPS) is 28.6. The average Bonchev–Trinajstić information content (AvgIpc) is 2.49. The van der Waals surface area contributed by atoms with Gasteiger partial charge in [0.15, 0.2) is 18.3 Å². The maximum Gasteiger partial charge on any atom is 0.303 e. The summed E-state index contributed by atoms with van der Waals surface area (Å²) in [4.78, 5) is 46.0. The van der Waals surface area contributed by atoms with Crippen molar-refractivity contribution in [3.63, 3.8) is 0 Å². The molecule has 0 N–H and O–H groups in total. The van der Waals surface area contributed by atoms with Crippen LogP contribution in [0.4, 0.5) is 0 Å². The summed E-state index contributed by atoms with van der Waals surface area (Å²) in [5, 5.41) is 0. The number of hydrogen-bond donors (Lipinski definition) is 0. The minimum absolute atomic E-state index is 0.142. The summed E-state index contributed by atoms with van der Waals surface area (Å²) in [5.41, 5.74) is 0. The maximum atomic E-state index is 11.6. The van der Waals surface area contributed by atoms with Crippen LogP contribution in [0.15, 0.2) is 0 Å². The summed E-state index contributed by atoms with van der Waals surface area (Å²) in [6.07, 6.45) is -4.21. The van der Waals surface area contributed by atoms with Gasteiger partial charge in [-0.05, 0) is 6.42 Å². The molecule has 0 aromatic carbocycles. The number of hydrogen-bond acceptors (Lipinski definition) is 9. The molecule has 0 aromatic rings. The van der Waals surface area contributed by atoms with Crippen molar-refractivity contribution in [3.8, 4) is 0 Å². The topological polar surface area (TPSA) is 114 Å². The van der Waals surface area contributed by atoms with Crippen molar-refractivity contribution in [2.45, 2.75) is 75.5 Å². The van der Waals surface area contributed by atoms with Crippen LogP contribution in [0.3, 0.4) is 0 Å². The first-order chi connectivity index (χ1) is 12.5.